The summed E-state index contributed by atoms with van der Waals surface area (Å²) in [7, 11) is 2.08. The summed E-state index contributed by atoms with van der Waals surface area (Å²) in [6, 6.07) is 0.174. The third-order valence-corrected chi connectivity index (χ3v) is 6.35. The minimum absolute atomic E-state index is 0.174. The first-order valence-electron chi connectivity index (χ1n) is 5.12. The van der Waals surface area contributed by atoms with Gasteiger partial charge in [0.05, 0.1) is 10.1 Å². The van der Waals surface area contributed by atoms with Crippen molar-refractivity contribution < 1.29 is 4.79 Å². The fourth-order valence-electron chi connectivity index (χ4n) is 2.29. The van der Waals surface area contributed by atoms with Crippen molar-refractivity contribution in [2.45, 2.75) is 29.9 Å². The standard InChI is InChI=1S/C10H17NOS2/c1-8(12)9-6-10(7-11(9)2)13-4-3-5-14-10/h9H,3-7H2,1-2H3/t9-/m0/s1. The van der Waals surface area contributed by atoms with Gasteiger partial charge in [-0.15, -0.1) is 23.5 Å². The van der Waals surface area contributed by atoms with Gasteiger partial charge >= 0.3 is 0 Å². The van der Waals surface area contributed by atoms with Crippen molar-refractivity contribution >= 4 is 29.3 Å². The Labute approximate surface area is 94.2 Å². The minimum Gasteiger partial charge on any atom is -0.298 e. The molecule has 2 rings (SSSR count). The van der Waals surface area contributed by atoms with Crippen LogP contribution in [0, 0.1) is 0 Å². The predicted molar refractivity (Wildman–Crippen MR) is 64.0 cm³/mol. The summed E-state index contributed by atoms with van der Waals surface area (Å²) in [5.74, 6) is 2.87. The van der Waals surface area contributed by atoms with Crippen LogP contribution in [0.25, 0.3) is 0 Å². The van der Waals surface area contributed by atoms with E-state index in [1.165, 1.54) is 17.9 Å². The predicted octanol–water partition coefficient (Wildman–Crippen LogP) is 1.85. The zero-order chi connectivity index (χ0) is 10.2. The molecule has 0 N–H and O–H groups in total. The molecule has 0 aromatic heterocycles. The Morgan fingerprint density at radius 2 is 2.07 bits per heavy atom. The van der Waals surface area contributed by atoms with Crippen molar-refractivity contribution in [2.24, 2.45) is 0 Å². The molecule has 2 saturated heterocycles. The zero-order valence-corrected chi connectivity index (χ0v) is 10.4. The highest BCUT2D eigenvalue weighted by Crippen LogP contribution is 2.49. The van der Waals surface area contributed by atoms with Crippen molar-refractivity contribution in [3.8, 4) is 0 Å². The number of Topliss-reactive ketones (excluding diaryl/α,β-unsaturated/α-hetero) is 1. The van der Waals surface area contributed by atoms with E-state index in [2.05, 4.69) is 35.5 Å². The van der Waals surface area contributed by atoms with Crippen LogP contribution in [0.3, 0.4) is 0 Å². The second kappa shape index (κ2) is 4.06. The number of ketones is 1. The van der Waals surface area contributed by atoms with E-state index in [1.54, 1.807) is 6.92 Å². The van der Waals surface area contributed by atoms with Gasteiger partial charge < -0.3 is 0 Å². The van der Waals surface area contributed by atoms with Crippen LogP contribution in [-0.4, -0.2) is 45.9 Å². The molecule has 0 radical (unpaired) electrons. The molecule has 4 heteroatoms. The van der Waals surface area contributed by atoms with Crippen molar-refractivity contribution in [3.63, 3.8) is 0 Å². The third-order valence-electron chi connectivity index (χ3n) is 3.01. The molecule has 0 saturated carbocycles. The molecule has 0 aromatic rings. The summed E-state index contributed by atoms with van der Waals surface area (Å²) in [5, 5.41) is 0. The lowest BCUT2D eigenvalue weighted by atomic mass is 10.1. The fraction of sp³-hybridized carbons (Fsp3) is 0.900. The molecule has 0 amide bonds. The van der Waals surface area contributed by atoms with Crippen molar-refractivity contribution in [1.29, 1.82) is 0 Å². The van der Waals surface area contributed by atoms with Crippen molar-refractivity contribution in [2.75, 3.05) is 25.1 Å². The molecule has 1 spiro atoms. The SMILES string of the molecule is CC(=O)[C@@H]1CC2(CN1C)SCCCS2. The van der Waals surface area contributed by atoms with E-state index in [0.29, 0.717) is 9.86 Å². The van der Waals surface area contributed by atoms with Gasteiger partial charge in [-0.1, -0.05) is 0 Å². The van der Waals surface area contributed by atoms with E-state index in [9.17, 15) is 4.79 Å². The van der Waals surface area contributed by atoms with E-state index in [4.69, 9.17) is 0 Å². The maximum absolute atomic E-state index is 11.4. The molecule has 80 valence electrons. The van der Waals surface area contributed by atoms with E-state index < -0.39 is 0 Å². The lowest BCUT2D eigenvalue weighted by molar-refractivity contribution is -0.120. The summed E-state index contributed by atoms with van der Waals surface area (Å²) in [4.78, 5) is 13.7. The number of carbonyl (C=O) groups excluding carboxylic acids is 1. The van der Waals surface area contributed by atoms with Crippen molar-refractivity contribution in [3.05, 3.63) is 0 Å². The van der Waals surface area contributed by atoms with Crippen LogP contribution in [0.1, 0.15) is 19.8 Å². The molecule has 2 aliphatic heterocycles. The first-order chi connectivity index (χ1) is 6.63. The van der Waals surface area contributed by atoms with Gasteiger partial charge in [0.15, 0.2) is 0 Å². The van der Waals surface area contributed by atoms with Gasteiger partial charge in [0, 0.05) is 6.54 Å². The number of likely N-dealkylation sites (N-methyl/N-ethyl adjacent to an activating group) is 1. The highest BCUT2D eigenvalue weighted by atomic mass is 32.2. The van der Waals surface area contributed by atoms with Gasteiger partial charge in [-0.05, 0) is 38.3 Å². The first kappa shape index (κ1) is 10.8. The van der Waals surface area contributed by atoms with Crippen LogP contribution in [-0.2, 0) is 4.79 Å². The summed E-state index contributed by atoms with van der Waals surface area (Å²) in [6.07, 6.45) is 2.37. The minimum atomic E-state index is 0.174. The second-order valence-electron chi connectivity index (χ2n) is 4.21. The quantitative estimate of drug-likeness (QED) is 0.686. The second-order valence-corrected chi connectivity index (χ2v) is 7.42. The Kier molecular flexibility index (Phi) is 3.15. The number of nitrogens with zero attached hydrogens (tertiary/aromatic N) is 1. The average molecular weight is 231 g/mol. The number of hydrogen-bond donors (Lipinski definition) is 0. The number of likely N-dealkylation sites (tertiary alicyclic amines) is 1. The smallest absolute Gasteiger partial charge is 0.146 e. The number of hydrogen-bond acceptors (Lipinski definition) is 4. The molecule has 2 nitrogen and oxygen atoms in total. The van der Waals surface area contributed by atoms with Gasteiger partial charge in [-0.2, -0.15) is 0 Å². The van der Waals surface area contributed by atoms with Crippen LogP contribution >= 0.6 is 23.5 Å². The van der Waals surface area contributed by atoms with E-state index in [1.807, 2.05) is 0 Å². The lowest BCUT2D eigenvalue weighted by Crippen LogP contribution is -2.31. The monoisotopic (exact) mass is 231 g/mol. The molecular formula is C10H17NOS2. The highest BCUT2D eigenvalue weighted by Gasteiger charge is 2.45. The molecule has 0 unspecified atom stereocenters. The molecule has 2 aliphatic rings. The van der Waals surface area contributed by atoms with Crippen LogP contribution < -0.4 is 0 Å². The summed E-state index contributed by atoms with van der Waals surface area (Å²) in [5.41, 5.74) is 0. The Bertz CT molecular complexity index is 238. The molecule has 2 fully saturated rings. The Morgan fingerprint density at radius 3 is 2.57 bits per heavy atom. The zero-order valence-electron chi connectivity index (χ0n) is 8.78. The number of carbonyl (C=O) groups is 1. The Balaban J connectivity index is 2.06. The highest BCUT2D eigenvalue weighted by molar-refractivity contribution is 8.18. The number of rotatable bonds is 1. The fourth-order valence-corrected chi connectivity index (χ4v) is 5.76. The average Bonchev–Trinajstić information content (AvgIpc) is 2.44. The van der Waals surface area contributed by atoms with Gasteiger partial charge in [0.2, 0.25) is 0 Å². The normalized spacial score (nSPS) is 32.3. The van der Waals surface area contributed by atoms with Crippen LogP contribution in [0.4, 0.5) is 0 Å². The molecule has 0 aromatic carbocycles. The molecular weight excluding hydrogens is 214 g/mol. The molecule has 14 heavy (non-hydrogen) atoms. The van der Waals surface area contributed by atoms with Gasteiger partial charge in [-0.25, -0.2) is 0 Å². The largest absolute Gasteiger partial charge is 0.298 e. The van der Waals surface area contributed by atoms with Gasteiger partial charge in [0.1, 0.15) is 5.78 Å². The van der Waals surface area contributed by atoms with E-state index in [-0.39, 0.29) is 6.04 Å². The molecule has 2 heterocycles. The maximum atomic E-state index is 11.4. The maximum Gasteiger partial charge on any atom is 0.146 e. The Morgan fingerprint density at radius 1 is 1.43 bits per heavy atom. The van der Waals surface area contributed by atoms with Gasteiger partial charge in [0.25, 0.3) is 0 Å². The summed E-state index contributed by atoms with van der Waals surface area (Å²) >= 11 is 4.13. The van der Waals surface area contributed by atoms with Crippen molar-refractivity contribution in [1.82, 2.24) is 4.90 Å². The molecule has 0 bridgehead atoms. The van der Waals surface area contributed by atoms with Gasteiger partial charge in [-0.3, -0.25) is 9.69 Å². The lowest BCUT2D eigenvalue weighted by Gasteiger charge is -2.31. The first-order valence-corrected chi connectivity index (χ1v) is 7.09. The van der Waals surface area contributed by atoms with Crippen LogP contribution in [0.5, 0.6) is 0 Å². The van der Waals surface area contributed by atoms with E-state index in [0.717, 1.165) is 13.0 Å². The summed E-state index contributed by atoms with van der Waals surface area (Å²) < 4.78 is 0.337. The third kappa shape index (κ3) is 1.97. The summed E-state index contributed by atoms with van der Waals surface area (Å²) in [6.45, 7) is 2.80. The van der Waals surface area contributed by atoms with Crippen LogP contribution in [0.2, 0.25) is 0 Å². The Hall–Kier alpha value is 0.330. The molecule has 1 atom stereocenters. The topological polar surface area (TPSA) is 20.3 Å². The van der Waals surface area contributed by atoms with E-state index >= 15 is 0 Å². The molecule has 0 aliphatic carbocycles. The number of thioether (sulfide) groups is 2. The van der Waals surface area contributed by atoms with Crippen LogP contribution in [0.15, 0.2) is 0 Å².